The SMILES string of the molecule is CC(C)N(CC1CC1)C(=O)c1n[nH]c(C2CC2)c1N. The molecule has 2 fully saturated rings. The molecule has 0 radical (unpaired) electrons. The third kappa shape index (κ3) is 2.46. The van der Waals surface area contributed by atoms with Gasteiger partial charge in [-0.25, -0.2) is 0 Å². The van der Waals surface area contributed by atoms with Gasteiger partial charge in [0, 0.05) is 18.5 Å². The standard InChI is InChI=1S/C14H22N4O/c1-8(2)18(7-9-3-4-9)14(19)13-11(15)12(16-17-13)10-5-6-10/h8-10H,3-7,15H2,1-2H3,(H,16,17). The molecule has 104 valence electrons. The fraction of sp³-hybridized carbons (Fsp3) is 0.714. The van der Waals surface area contributed by atoms with E-state index >= 15 is 0 Å². The lowest BCUT2D eigenvalue weighted by Crippen LogP contribution is -2.39. The van der Waals surface area contributed by atoms with Crippen molar-refractivity contribution < 1.29 is 4.79 Å². The number of aromatic amines is 1. The summed E-state index contributed by atoms with van der Waals surface area (Å²) in [5.41, 5.74) is 8.02. The van der Waals surface area contributed by atoms with E-state index in [4.69, 9.17) is 5.73 Å². The van der Waals surface area contributed by atoms with E-state index < -0.39 is 0 Å². The number of aromatic nitrogens is 2. The Bertz CT molecular complexity index is 486. The first-order valence-corrected chi connectivity index (χ1v) is 7.22. The molecule has 1 heterocycles. The number of nitrogens with zero attached hydrogens (tertiary/aromatic N) is 2. The largest absolute Gasteiger partial charge is 0.395 e. The van der Waals surface area contributed by atoms with Crippen molar-refractivity contribution in [3.05, 3.63) is 11.4 Å². The first kappa shape index (κ1) is 12.5. The maximum atomic E-state index is 12.6. The summed E-state index contributed by atoms with van der Waals surface area (Å²) in [5, 5.41) is 7.12. The number of rotatable bonds is 5. The minimum Gasteiger partial charge on any atom is -0.395 e. The number of carbonyl (C=O) groups excluding carboxylic acids is 1. The maximum absolute atomic E-state index is 12.6. The van der Waals surface area contributed by atoms with E-state index in [1.54, 1.807) is 0 Å². The third-order valence-electron chi connectivity index (χ3n) is 4.06. The Labute approximate surface area is 113 Å². The molecule has 5 nitrogen and oxygen atoms in total. The fourth-order valence-electron chi connectivity index (χ4n) is 2.45. The van der Waals surface area contributed by atoms with Crippen molar-refractivity contribution in [2.75, 3.05) is 12.3 Å². The lowest BCUT2D eigenvalue weighted by Gasteiger charge is -2.26. The summed E-state index contributed by atoms with van der Waals surface area (Å²) in [4.78, 5) is 14.5. The molecule has 1 aromatic heterocycles. The van der Waals surface area contributed by atoms with Crippen LogP contribution >= 0.6 is 0 Å². The Morgan fingerprint density at radius 2 is 2.11 bits per heavy atom. The predicted octanol–water partition coefficient (Wildman–Crippen LogP) is 2.13. The zero-order chi connectivity index (χ0) is 13.6. The average Bonchev–Trinajstić information content (AvgIpc) is 3.26. The zero-order valence-electron chi connectivity index (χ0n) is 11.6. The van der Waals surface area contributed by atoms with E-state index in [1.807, 2.05) is 18.7 Å². The highest BCUT2D eigenvalue weighted by Crippen LogP contribution is 2.42. The number of carbonyl (C=O) groups is 1. The van der Waals surface area contributed by atoms with Gasteiger partial charge in [-0.3, -0.25) is 9.89 Å². The molecule has 3 N–H and O–H groups in total. The van der Waals surface area contributed by atoms with Crippen molar-refractivity contribution in [2.24, 2.45) is 5.92 Å². The second kappa shape index (κ2) is 4.54. The minimum atomic E-state index is -0.0254. The molecule has 3 rings (SSSR count). The van der Waals surface area contributed by atoms with E-state index in [2.05, 4.69) is 10.2 Å². The van der Waals surface area contributed by atoms with Gasteiger partial charge in [-0.1, -0.05) is 0 Å². The van der Waals surface area contributed by atoms with Crippen molar-refractivity contribution in [2.45, 2.75) is 51.5 Å². The average molecular weight is 262 g/mol. The zero-order valence-corrected chi connectivity index (χ0v) is 11.6. The Kier molecular flexibility index (Phi) is 2.99. The smallest absolute Gasteiger partial charge is 0.276 e. The molecule has 1 aromatic rings. The second-order valence-corrected chi connectivity index (χ2v) is 6.17. The minimum absolute atomic E-state index is 0.0254. The monoisotopic (exact) mass is 262 g/mol. The quantitative estimate of drug-likeness (QED) is 0.853. The number of nitrogens with one attached hydrogen (secondary N) is 1. The molecule has 5 heteroatoms. The van der Waals surface area contributed by atoms with Gasteiger partial charge in [0.15, 0.2) is 5.69 Å². The van der Waals surface area contributed by atoms with E-state index in [0.717, 1.165) is 25.1 Å². The number of H-pyrrole nitrogens is 1. The molecular formula is C14H22N4O. The Hall–Kier alpha value is -1.52. The van der Waals surface area contributed by atoms with Crippen LogP contribution in [0.5, 0.6) is 0 Å². The lowest BCUT2D eigenvalue weighted by molar-refractivity contribution is 0.0691. The molecule has 0 atom stereocenters. The van der Waals surface area contributed by atoms with Crippen LogP contribution in [-0.2, 0) is 0 Å². The van der Waals surface area contributed by atoms with Gasteiger partial charge >= 0.3 is 0 Å². The molecule has 2 aliphatic rings. The Morgan fingerprint density at radius 1 is 1.42 bits per heavy atom. The molecule has 1 amide bonds. The third-order valence-corrected chi connectivity index (χ3v) is 4.06. The number of nitrogens with two attached hydrogens (primary N) is 1. The van der Waals surface area contributed by atoms with Crippen LogP contribution in [-0.4, -0.2) is 33.6 Å². The number of nitrogen functional groups attached to an aromatic ring is 1. The highest BCUT2D eigenvalue weighted by Gasteiger charge is 2.34. The van der Waals surface area contributed by atoms with Crippen LogP contribution in [0.1, 0.15) is 61.6 Å². The summed E-state index contributed by atoms with van der Waals surface area (Å²) >= 11 is 0. The highest BCUT2D eigenvalue weighted by molar-refractivity contribution is 5.98. The van der Waals surface area contributed by atoms with Crippen LogP contribution in [0, 0.1) is 5.92 Å². The van der Waals surface area contributed by atoms with E-state index in [1.165, 1.54) is 12.8 Å². The summed E-state index contributed by atoms with van der Waals surface area (Å²) in [6, 6.07) is 0.188. The van der Waals surface area contributed by atoms with Crippen LogP contribution in [0.3, 0.4) is 0 Å². The van der Waals surface area contributed by atoms with E-state index in [0.29, 0.717) is 23.2 Å². The molecule has 0 bridgehead atoms. The summed E-state index contributed by atoms with van der Waals surface area (Å²) in [6.07, 6.45) is 4.77. The first-order chi connectivity index (χ1) is 9.08. The summed E-state index contributed by atoms with van der Waals surface area (Å²) < 4.78 is 0. The summed E-state index contributed by atoms with van der Waals surface area (Å²) in [5.74, 6) is 1.14. The molecule has 2 saturated carbocycles. The van der Waals surface area contributed by atoms with Gasteiger partial charge < -0.3 is 10.6 Å². The lowest BCUT2D eigenvalue weighted by atomic mass is 10.2. The number of anilines is 1. The van der Waals surface area contributed by atoms with Gasteiger partial charge in [0.05, 0.1) is 11.4 Å². The van der Waals surface area contributed by atoms with Gasteiger partial charge in [-0.2, -0.15) is 5.10 Å². The Morgan fingerprint density at radius 3 is 2.63 bits per heavy atom. The van der Waals surface area contributed by atoms with Crippen LogP contribution in [0.4, 0.5) is 5.69 Å². The predicted molar refractivity (Wildman–Crippen MR) is 73.9 cm³/mol. The second-order valence-electron chi connectivity index (χ2n) is 6.17. The van der Waals surface area contributed by atoms with Gasteiger partial charge in [0.1, 0.15) is 0 Å². The van der Waals surface area contributed by atoms with Gasteiger partial charge in [-0.15, -0.1) is 0 Å². The summed E-state index contributed by atoms with van der Waals surface area (Å²) in [6.45, 7) is 4.93. The van der Waals surface area contributed by atoms with Gasteiger partial charge in [-0.05, 0) is 45.4 Å². The van der Waals surface area contributed by atoms with Crippen LogP contribution in [0.15, 0.2) is 0 Å². The topological polar surface area (TPSA) is 75.0 Å². The van der Waals surface area contributed by atoms with E-state index in [9.17, 15) is 4.79 Å². The molecule has 0 spiro atoms. The normalized spacial score (nSPS) is 18.9. The molecule has 0 unspecified atom stereocenters. The maximum Gasteiger partial charge on any atom is 0.276 e. The Balaban J connectivity index is 1.80. The molecular weight excluding hydrogens is 240 g/mol. The molecule has 0 aliphatic heterocycles. The fourth-order valence-corrected chi connectivity index (χ4v) is 2.45. The van der Waals surface area contributed by atoms with Crippen LogP contribution in [0.25, 0.3) is 0 Å². The first-order valence-electron chi connectivity index (χ1n) is 7.22. The molecule has 2 aliphatic carbocycles. The molecule has 0 saturated heterocycles. The number of hydrogen-bond acceptors (Lipinski definition) is 3. The van der Waals surface area contributed by atoms with Crippen molar-refractivity contribution in [3.63, 3.8) is 0 Å². The van der Waals surface area contributed by atoms with Gasteiger partial charge in [0.25, 0.3) is 5.91 Å². The van der Waals surface area contributed by atoms with Crippen molar-refractivity contribution in [1.29, 1.82) is 0 Å². The highest BCUT2D eigenvalue weighted by atomic mass is 16.2. The summed E-state index contributed by atoms with van der Waals surface area (Å²) in [7, 11) is 0. The van der Waals surface area contributed by atoms with Gasteiger partial charge in [0.2, 0.25) is 0 Å². The molecule has 19 heavy (non-hydrogen) atoms. The van der Waals surface area contributed by atoms with E-state index in [-0.39, 0.29) is 11.9 Å². The number of hydrogen-bond donors (Lipinski definition) is 2. The van der Waals surface area contributed by atoms with Crippen molar-refractivity contribution in [1.82, 2.24) is 15.1 Å². The van der Waals surface area contributed by atoms with Crippen molar-refractivity contribution in [3.8, 4) is 0 Å². The van der Waals surface area contributed by atoms with Crippen molar-refractivity contribution >= 4 is 11.6 Å². The number of amides is 1. The molecule has 0 aromatic carbocycles. The van der Waals surface area contributed by atoms with Crippen LogP contribution < -0.4 is 5.73 Å². The van der Waals surface area contributed by atoms with Crippen LogP contribution in [0.2, 0.25) is 0 Å².